The van der Waals surface area contributed by atoms with Crippen molar-refractivity contribution in [3.63, 3.8) is 0 Å². The Bertz CT molecular complexity index is 687. The van der Waals surface area contributed by atoms with Crippen molar-refractivity contribution in [3.8, 4) is 5.75 Å². The zero-order valence-electron chi connectivity index (χ0n) is 10.8. The minimum atomic E-state index is -3.32. The van der Waals surface area contributed by atoms with Gasteiger partial charge in [-0.25, -0.2) is 8.42 Å². The lowest BCUT2D eigenvalue weighted by atomic mass is 10.2. The maximum atomic E-state index is 11.3. The van der Waals surface area contributed by atoms with E-state index in [1.165, 1.54) is 0 Å². The molecule has 0 fully saturated rings. The number of sulfonamides is 1. The van der Waals surface area contributed by atoms with E-state index in [4.69, 9.17) is 4.74 Å². The van der Waals surface area contributed by atoms with E-state index < -0.39 is 10.0 Å². The van der Waals surface area contributed by atoms with Gasteiger partial charge in [-0.15, -0.1) is 0 Å². The summed E-state index contributed by atoms with van der Waals surface area (Å²) < 4.78 is 31.3. The summed E-state index contributed by atoms with van der Waals surface area (Å²) in [5.74, 6) is 0.586. The second kappa shape index (κ2) is 6.28. The Kier molecular flexibility index (Phi) is 4.67. The van der Waals surface area contributed by atoms with Crippen molar-refractivity contribution in [2.24, 2.45) is 0 Å². The van der Waals surface area contributed by atoms with E-state index in [0.29, 0.717) is 22.5 Å². The summed E-state index contributed by atoms with van der Waals surface area (Å²) in [6.07, 6.45) is 1.11. The Hall–Kier alpha value is -1.53. The number of rotatable bonds is 5. The summed E-state index contributed by atoms with van der Waals surface area (Å²) in [5, 5.41) is 0. The molecule has 2 rings (SSSR count). The van der Waals surface area contributed by atoms with Gasteiger partial charge in [-0.2, -0.15) is 0 Å². The van der Waals surface area contributed by atoms with Gasteiger partial charge in [0.25, 0.3) is 0 Å². The van der Waals surface area contributed by atoms with E-state index in [1.807, 2.05) is 30.3 Å². The molecule has 1 N–H and O–H groups in total. The lowest BCUT2D eigenvalue weighted by Crippen LogP contribution is -2.10. The van der Waals surface area contributed by atoms with Gasteiger partial charge in [-0.05, 0) is 33.6 Å². The number of halogens is 1. The van der Waals surface area contributed by atoms with Crippen LogP contribution in [0.15, 0.2) is 53.0 Å². The molecule has 0 amide bonds. The molecule has 0 spiro atoms. The van der Waals surface area contributed by atoms with Gasteiger partial charge in [0.05, 0.1) is 16.4 Å². The summed E-state index contributed by atoms with van der Waals surface area (Å²) in [6, 6.07) is 14.9. The fourth-order valence-corrected chi connectivity index (χ4v) is 2.81. The second-order valence-electron chi connectivity index (χ2n) is 4.27. The molecule has 20 heavy (non-hydrogen) atoms. The minimum Gasteiger partial charge on any atom is -0.488 e. The maximum Gasteiger partial charge on any atom is 0.229 e. The van der Waals surface area contributed by atoms with Crippen LogP contribution < -0.4 is 9.46 Å². The number of hydrogen-bond donors (Lipinski definition) is 1. The van der Waals surface area contributed by atoms with Crippen molar-refractivity contribution >= 4 is 31.6 Å². The van der Waals surface area contributed by atoms with Crippen LogP contribution in [0.4, 0.5) is 5.69 Å². The lowest BCUT2D eigenvalue weighted by molar-refractivity contribution is 0.304. The number of hydrogen-bond acceptors (Lipinski definition) is 3. The van der Waals surface area contributed by atoms with Crippen LogP contribution in [0.3, 0.4) is 0 Å². The molecule has 0 radical (unpaired) electrons. The zero-order chi connectivity index (χ0) is 14.6. The van der Waals surface area contributed by atoms with Gasteiger partial charge in [-0.1, -0.05) is 36.4 Å². The van der Waals surface area contributed by atoms with Crippen LogP contribution >= 0.6 is 15.9 Å². The van der Waals surface area contributed by atoms with Crippen LogP contribution in [-0.4, -0.2) is 14.7 Å². The monoisotopic (exact) mass is 355 g/mol. The topological polar surface area (TPSA) is 55.4 Å². The van der Waals surface area contributed by atoms with E-state index in [2.05, 4.69) is 20.7 Å². The van der Waals surface area contributed by atoms with Gasteiger partial charge in [0, 0.05) is 0 Å². The summed E-state index contributed by atoms with van der Waals surface area (Å²) in [7, 11) is -3.32. The van der Waals surface area contributed by atoms with Crippen molar-refractivity contribution in [1.82, 2.24) is 0 Å². The SMILES string of the molecule is CS(=O)(=O)Nc1cccc(OCc2ccccc2)c1Br. The third-order valence-electron chi connectivity index (χ3n) is 2.50. The fraction of sp³-hybridized carbons (Fsp3) is 0.143. The molecule has 0 saturated carbocycles. The van der Waals surface area contributed by atoms with Crippen LogP contribution in [0, 0.1) is 0 Å². The molecule has 2 aromatic carbocycles. The first-order valence-electron chi connectivity index (χ1n) is 5.89. The minimum absolute atomic E-state index is 0.418. The highest BCUT2D eigenvalue weighted by molar-refractivity contribution is 9.10. The van der Waals surface area contributed by atoms with E-state index in [0.717, 1.165) is 11.8 Å². The van der Waals surface area contributed by atoms with Crippen LogP contribution in [-0.2, 0) is 16.6 Å². The molecule has 0 heterocycles. The van der Waals surface area contributed by atoms with Crippen molar-refractivity contribution in [3.05, 3.63) is 58.6 Å². The second-order valence-corrected chi connectivity index (χ2v) is 6.81. The zero-order valence-corrected chi connectivity index (χ0v) is 13.2. The summed E-state index contributed by atoms with van der Waals surface area (Å²) in [6.45, 7) is 0.418. The normalized spacial score (nSPS) is 11.1. The van der Waals surface area contributed by atoms with Gasteiger partial charge in [-0.3, -0.25) is 4.72 Å². The third kappa shape index (κ3) is 4.25. The van der Waals surface area contributed by atoms with Crippen LogP contribution in [0.2, 0.25) is 0 Å². The average Bonchev–Trinajstić information content (AvgIpc) is 2.39. The van der Waals surface area contributed by atoms with Gasteiger partial charge >= 0.3 is 0 Å². The molecule has 4 nitrogen and oxygen atoms in total. The first kappa shape index (κ1) is 14.9. The predicted molar refractivity (Wildman–Crippen MR) is 83.4 cm³/mol. The van der Waals surface area contributed by atoms with E-state index >= 15 is 0 Å². The smallest absolute Gasteiger partial charge is 0.229 e. The summed E-state index contributed by atoms with van der Waals surface area (Å²) >= 11 is 3.36. The molecule has 0 unspecified atom stereocenters. The highest BCUT2D eigenvalue weighted by Crippen LogP contribution is 2.33. The molecule has 6 heteroatoms. The van der Waals surface area contributed by atoms with E-state index in [9.17, 15) is 8.42 Å². The van der Waals surface area contributed by atoms with Gasteiger partial charge in [0.2, 0.25) is 10.0 Å². The molecule has 2 aromatic rings. The number of nitrogens with one attached hydrogen (secondary N) is 1. The summed E-state index contributed by atoms with van der Waals surface area (Å²) in [4.78, 5) is 0. The van der Waals surface area contributed by atoms with Crippen LogP contribution in [0.25, 0.3) is 0 Å². The van der Waals surface area contributed by atoms with Gasteiger partial charge in [0.1, 0.15) is 12.4 Å². The first-order chi connectivity index (χ1) is 9.46. The quantitative estimate of drug-likeness (QED) is 0.893. The molecule has 106 valence electrons. The van der Waals surface area contributed by atoms with Crippen molar-refractivity contribution in [1.29, 1.82) is 0 Å². The molecular formula is C14H14BrNO3S. The lowest BCUT2D eigenvalue weighted by Gasteiger charge is -2.12. The highest BCUT2D eigenvalue weighted by atomic mass is 79.9. The number of benzene rings is 2. The molecule has 0 aliphatic rings. The molecule has 0 aliphatic heterocycles. The highest BCUT2D eigenvalue weighted by Gasteiger charge is 2.10. The van der Waals surface area contributed by atoms with Crippen LogP contribution in [0.1, 0.15) is 5.56 Å². The van der Waals surface area contributed by atoms with Crippen LogP contribution in [0.5, 0.6) is 5.75 Å². The molecular weight excluding hydrogens is 342 g/mol. The average molecular weight is 356 g/mol. The largest absolute Gasteiger partial charge is 0.488 e. The standard InChI is InChI=1S/C14H14BrNO3S/c1-20(17,18)16-12-8-5-9-13(14(12)15)19-10-11-6-3-2-4-7-11/h2-9,16H,10H2,1H3. The Morgan fingerprint density at radius 1 is 1.10 bits per heavy atom. The Labute approximate surface area is 127 Å². The van der Waals surface area contributed by atoms with Crippen molar-refractivity contribution in [2.45, 2.75) is 6.61 Å². The maximum absolute atomic E-state index is 11.3. The molecule has 0 bridgehead atoms. The Morgan fingerprint density at radius 2 is 1.80 bits per heavy atom. The van der Waals surface area contributed by atoms with Gasteiger partial charge < -0.3 is 4.74 Å². The summed E-state index contributed by atoms with van der Waals surface area (Å²) in [5.41, 5.74) is 1.50. The van der Waals surface area contributed by atoms with Crippen molar-refractivity contribution < 1.29 is 13.2 Å². The first-order valence-corrected chi connectivity index (χ1v) is 8.57. The number of anilines is 1. The third-order valence-corrected chi connectivity index (χ3v) is 3.90. The Morgan fingerprint density at radius 3 is 2.45 bits per heavy atom. The molecule has 0 aliphatic carbocycles. The van der Waals surface area contributed by atoms with E-state index in [-0.39, 0.29) is 0 Å². The van der Waals surface area contributed by atoms with Crippen molar-refractivity contribution in [2.75, 3.05) is 11.0 Å². The fourth-order valence-electron chi connectivity index (χ4n) is 1.64. The van der Waals surface area contributed by atoms with Gasteiger partial charge in [0.15, 0.2) is 0 Å². The predicted octanol–water partition coefficient (Wildman–Crippen LogP) is 3.40. The molecule has 0 atom stereocenters. The van der Waals surface area contributed by atoms with E-state index in [1.54, 1.807) is 18.2 Å². The Balaban J connectivity index is 2.15. The molecule has 0 saturated heterocycles. The number of ether oxygens (including phenoxy) is 1. The molecule has 0 aromatic heterocycles.